The van der Waals surface area contributed by atoms with Gasteiger partial charge in [0.1, 0.15) is 12.6 Å². The van der Waals surface area contributed by atoms with Crippen LogP contribution in [0.1, 0.15) is 42.7 Å². The molecule has 3 heterocycles. The Hall–Kier alpha value is -4.16. The van der Waals surface area contributed by atoms with Crippen LogP contribution in [0.25, 0.3) is 0 Å². The van der Waals surface area contributed by atoms with Crippen LogP contribution >= 0.6 is 0 Å². The molecule has 0 radical (unpaired) electrons. The molecule has 0 fully saturated rings. The Morgan fingerprint density at radius 3 is 2.69 bits per heavy atom. The van der Waals surface area contributed by atoms with E-state index in [1.807, 2.05) is 47.0 Å². The van der Waals surface area contributed by atoms with Crippen molar-refractivity contribution in [2.24, 2.45) is 5.73 Å². The van der Waals surface area contributed by atoms with Crippen molar-refractivity contribution in [1.82, 2.24) is 25.0 Å². The summed E-state index contributed by atoms with van der Waals surface area (Å²) < 4.78 is 24.3. The van der Waals surface area contributed by atoms with E-state index in [1.165, 1.54) is 0 Å². The molecule has 3 N–H and O–H groups in total. The number of aromatic nitrogens is 3. The number of fused-ring (bicyclic) bond motifs is 2. The van der Waals surface area contributed by atoms with Crippen LogP contribution in [-0.2, 0) is 40.6 Å². The highest BCUT2D eigenvalue weighted by molar-refractivity contribution is 5.85. The van der Waals surface area contributed by atoms with Crippen molar-refractivity contribution in [1.29, 1.82) is 0 Å². The van der Waals surface area contributed by atoms with Crippen molar-refractivity contribution >= 4 is 12.0 Å². The summed E-state index contributed by atoms with van der Waals surface area (Å²) in [6.07, 6.45) is -0.469. The topological polar surface area (TPSA) is 143 Å². The summed E-state index contributed by atoms with van der Waals surface area (Å²) in [5.74, 6) is 2.02. The molecule has 0 aliphatic carbocycles. The zero-order valence-electron chi connectivity index (χ0n) is 22.0. The van der Waals surface area contributed by atoms with Gasteiger partial charge >= 0.3 is 6.09 Å². The molecular weight excluding hydrogens is 504 g/mol. The summed E-state index contributed by atoms with van der Waals surface area (Å²) in [6.45, 7) is 5.06. The van der Waals surface area contributed by atoms with E-state index in [9.17, 15) is 9.59 Å². The molecule has 206 valence electrons. The maximum atomic E-state index is 12.8. The number of nitrogens with one attached hydrogen (secondary N) is 1. The fraction of sp³-hybridized carbons (Fsp3) is 0.407. The Morgan fingerprint density at radius 1 is 1.08 bits per heavy atom. The Bertz CT molecular complexity index is 1320. The first-order valence-electron chi connectivity index (χ1n) is 12.7. The molecule has 1 atom stereocenters. The Labute approximate surface area is 226 Å². The molecule has 2 amide bonds. The van der Waals surface area contributed by atoms with Crippen LogP contribution in [0.4, 0.5) is 4.79 Å². The molecule has 2 aliphatic heterocycles. The third kappa shape index (κ3) is 6.13. The molecule has 0 unspecified atom stereocenters. The van der Waals surface area contributed by atoms with E-state index in [0.717, 1.165) is 11.1 Å². The Kier molecular flexibility index (Phi) is 7.66. The SMILES string of the molecule is CC(C)(N)C(=O)N[C@H](COCc1ccccc1)c1nnc2n1CCN(C(=O)OCc1cccc3c1OCO3)C2. The van der Waals surface area contributed by atoms with Crippen LogP contribution in [0.5, 0.6) is 11.5 Å². The van der Waals surface area contributed by atoms with Crippen LogP contribution < -0.4 is 20.5 Å². The molecule has 12 nitrogen and oxygen atoms in total. The fourth-order valence-corrected chi connectivity index (χ4v) is 4.32. The summed E-state index contributed by atoms with van der Waals surface area (Å²) in [4.78, 5) is 27.1. The average Bonchev–Trinajstić information content (AvgIpc) is 3.58. The van der Waals surface area contributed by atoms with Gasteiger partial charge in [-0.25, -0.2) is 4.79 Å². The van der Waals surface area contributed by atoms with Gasteiger partial charge in [-0.1, -0.05) is 42.5 Å². The van der Waals surface area contributed by atoms with E-state index in [2.05, 4.69) is 15.5 Å². The maximum absolute atomic E-state index is 12.8. The first-order chi connectivity index (χ1) is 18.8. The number of carbonyl (C=O) groups excluding carboxylic acids is 2. The van der Waals surface area contributed by atoms with E-state index in [1.54, 1.807) is 24.8 Å². The summed E-state index contributed by atoms with van der Waals surface area (Å²) in [7, 11) is 0. The van der Waals surface area contributed by atoms with Gasteiger partial charge in [-0.2, -0.15) is 0 Å². The minimum absolute atomic E-state index is 0.0571. The van der Waals surface area contributed by atoms with Gasteiger partial charge in [0.2, 0.25) is 12.7 Å². The molecule has 2 aromatic carbocycles. The molecular formula is C27H32N6O6. The number of nitrogens with two attached hydrogens (primary N) is 1. The highest BCUT2D eigenvalue weighted by atomic mass is 16.7. The number of benzene rings is 2. The first kappa shape index (κ1) is 26.4. The van der Waals surface area contributed by atoms with E-state index < -0.39 is 17.7 Å². The second kappa shape index (κ2) is 11.3. The van der Waals surface area contributed by atoms with E-state index in [-0.39, 0.29) is 32.5 Å². The van der Waals surface area contributed by atoms with Gasteiger partial charge in [0, 0.05) is 18.7 Å². The number of para-hydroxylation sites is 1. The first-order valence-corrected chi connectivity index (χ1v) is 12.7. The predicted octanol–water partition coefficient (Wildman–Crippen LogP) is 2.27. The molecule has 2 aliphatic rings. The van der Waals surface area contributed by atoms with Gasteiger partial charge in [0.15, 0.2) is 23.1 Å². The van der Waals surface area contributed by atoms with Crippen molar-refractivity contribution in [2.75, 3.05) is 19.9 Å². The number of carbonyl (C=O) groups is 2. The summed E-state index contributed by atoms with van der Waals surface area (Å²) >= 11 is 0. The largest absolute Gasteiger partial charge is 0.454 e. The van der Waals surface area contributed by atoms with Gasteiger partial charge in [-0.3, -0.25) is 9.69 Å². The second-order valence-corrected chi connectivity index (χ2v) is 10.0. The molecule has 5 rings (SSSR count). The zero-order valence-corrected chi connectivity index (χ0v) is 22.0. The Balaban J connectivity index is 1.24. The molecule has 1 aromatic heterocycles. The molecule has 0 saturated carbocycles. The molecule has 12 heteroatoms. The minimum Gasteiger partial charge on any atom is -0.454 e. The van der Waals surface area contributed by atoms with Crippen molar-refractivity contribution < 1.29 is 28.5 Å². The number of nitrogens with zero attached hydrogens (tertiary/aromatic N) is 4. The molecule has 39 heavy (non-hydrogen) atoms. The van der Waals surface area contributed by atoms with Crippen molar-refractivity contribution in [3.05, 3.63) is 71.3 Å². The monoisotopic (exact) mass is 536 g/mol. The lowest BCUT2D eigenvalue weighted by Gasteiger charge is -2.29. The smallest absolute Gasteiger partial charge is 0.410 e. The van der Waals surface area contributed by atoms with Crippen LogP contribution in [0.15, 0.2) is 48.5 Å². The number of hydrogen-bond acceptors (Lipinski definition) is 9. The number of rotatable bonds is 9. The third-order valence-electron chi connectivity index (χ3n) is 6.47. The number of ether oxygens (including phenoxy) is 4. The normalized spacial score (nSPS) is 15.0. The summed E-state index contributed by atoms with van der Waals surface area (Å²) in [5, 5.41) is 11.6. The highest BCUT2D eigenvalue weighted by Gasteiger charge is 2.32. The lowest BCUT2D eigenvalue weighted by atomic mass is 10.1. The van der Waals surface area contributed by atoms with Crippen molar-refractivity contribution in [3.63, 3.8) is 0 Å². The lowest BCUT2D eigenvalue weighted by molar-refractivity contribution is -0.126. The lowest BCUT2D eigenvalue weighted by Crippen LogP contribution is -2.51. The summed E-state index contributed by atoms with van der Waals surface area (Å²) in [6, 6.07) is 14.6. The van der Waals surface area contributed by atoms with E-state index in [0.29, 0.717) is 42.8 Å². The highest BCUT2D eigenvalue weighted by Crippen LogP contribution is 2.35. The molecule has 0 spiro atoms. The quantitative estimate of drug-likeness (QED) is 0.421. The van der Waals surface area contributed by atoms with Crippen molar-refractivity contribution in [2.45, 2.75) is 51.7 Å². The van der Waals surface area contributed by atoms with E-state index >= 15 is 0 Å². The maximum Gasteiger partial charge on any atom is 0.410 e. The summed E-state index contributed by atoms with van der Waals surface area (Å²) in [5.41, 5.74) is 6.68. The number of hydrogen-bond donors (Lipinski definition) is 2. The standard InChI is InChI=1S/C27H32N6O6/c1-27(2,28)25(34)29-20(16-36-14-18-7-4-3-5-8-18)24-31-30-22-13-32(11-12-33(22)24)26(35)37-15-19-9-6-10-21-23(19)39-17-38-21/h3-10,20H,11-17,28H2,1-2H3,(H,29,34)/t20-/m1/s1. The second-order valence-electron chi connectivity index (χ2n) is 10.0. The Morgan fingerprint density at radius 2 is 1.90 bits per heavy atom. The average molecular weight is 537 g/mol. The predicted molar refractivity (Wildman–Crippen MR) is 138 cm³/mol. The molecule has 0 saturated heterocycles. The fourth-order valence-electron chi connectivity index (χ4n) is 4.32. The van der Waals surface area contributed by atoms with Gasteiger partial charge in [0.25, 0.3) is 0 Å². The van der Waals surface area contributed by atoms with Crippen molar-refractivity contribution in [3.8, 4) is 11.5 Å². The van der Waals surface area contributed by atoms with Gasteiger partial charge in [-0.15, -0.1) is 10.2 Å². The molecule has 3 aromatic rings. The van der Waals surface area contributed by atoms with Crippen LogP contribution in [0.2, 0.25) is 0 Å². The van der Waals surface area contributed by atoms with Crippen LogP contribution in [0, 0.1) is 0 Å². The van der Waals surface area contributed by atoms with E-state index in [4.69, 9.17) is 24.7 Å². The van der Waals surface area contributed by atoms with Crippen LogP contribution in [0.3, 0.4) is 0 Å². The number of amides is 2. The zero-order chi connectivity index (χ0) is 27.4. The molecule has 0 bridgehead atoms. The third-order valence-corrected chi connectivity index (χ3v) is 6.47. The minimum atomic E-state index is -1.08. The van der Waals surface area contributed by atoms with Crippen LogP contribution in [-0.4, -0.2) is 57.1 Å². The van der Waals surface area contributed by atoms with Gasteiger partial charge in [0.05, 0.1) is 25.3 Å². The van der Waals surface area contributed by atoms with Gasteiger partial charge in [-0.05, 0) is 25.5 Å². The van der Waals surface area contributed by atoms with Gasteiger partial charge < -0.3 is 34.6 Å².